The number of nitrogens with one attached hydrogen (secondary N) is 1. The molecule has 142 valence electrons. The minimum atomic E-state index is 0.718. The predicted molar refractivity (Wildman–Crippen MR) is 120 cm³/mol. The zero-order chi connectivity index (χ0) is 19.1. The molecule has 0 aliphatic heterocycles. The Balaban J connectivity index is 1.54. The van der Waals surface area contributed by atoms with Crippen LogP contribution in [0.5, 0.6) is 0 Å². The van der Waals surface area contributed by atoms with Crippen molar-refractivity contribution < 1.29 is 0 Å². The van der Waals surface area contributed by atoms with Gasteiger partial charge in [-0.2, -0.15) is 0 Å². The molecule has 0 saturated carbocycles. The Morgan fingerprint density at radius 3 is 2.67 bits per heavy atom. The maximum Gasteiger partial charge on any atom is 0.0737 e. The SMILES string of the molecule is CCCN(CCCNc1ccnc2cc(Cl)ccc12)Cc1ccc(Br)cc1. The van der Waals surface area contributed by atoms with Crippen LogP contribution in [-0.4, -0.2) is 29.5 Å². The van der Waals surface area contributed by atoms with Crippen LogP contribution in [-0.2, 0) is 6.54 Å². The molecule has 3 aromatic rings. The molecule has 0 unspecified atom stereocenters. The molecule has 0 aliphatic carbocycles. The van der Waals surface area contributed by atoms with E-state index in [9.17, 15) is 0 Å². The normalized spacial score (nSPS) is 11.3. The Morgan fingerprint density at radius 2 is 1.89 bits per heavy atom. The Bertz CT molecular complexity index is 867. The highest BCUT2D eigenvalue weighted by Gasteiger charge is 2.06. The van der Waals surface area contributed by atoms with Crippen LogP contribution in [0.1, 0.15) is 25.3 Å². The van der Waals surface area contributed by atoms with Crippen LogP contribution in [0.25, 0.3) is 10.9 Å². The molecule has 0 amide bonds. The predicted octanol–water partition coefficient (Wildman–Crippen LogP) is 6.36. The van der Waals surface area contributed by atoms with E-state index in [1.54, 1.807) is 0 Å². The zero-order valence-corrected chi connectivity index (χ0v) is 17.9. The third-order valence-electron chi connectivity index (χ3n) is 4.53. The smallest absolute Gasteiger partial charge is 0.0737 e. The molecule has 1 aromatic heterocycles. The molecule has 27 heavy (non-hydrogen) atoms. The lowest BCUT2D eigenvalue weighted by molar-refractivity contribution is 0.265. The number of aromatic nitrogens is 1. The molecule has 1 heterocycles. The highest BCUT2D eigenvalue weighted by molar-refractivity contribution is 9.10. The van der Waals surface area contributed by atoms with Crippen molar-refractivity contribution in [2.24, 2.45) is 0 Å². The van der Waals surface area contributed by atoms with Gasteiger partial charge >= 0.3 is 0 Å². The molecule has 0 radical (unpaired) electrons. The Morgan fingerprint density at radius 1 is 1.07 bits per heavy atom. The maximum absolute atomic E-state index is 6.07. The van der Waals surface area contributed by atoms with E-state index in [1.807, 2.05) is 30.5 Å². The summed E-state index contributed by atoms with van der Waals surface area (Å²) in [5.74, 6) is 0. The molecule has 0 spiro atoms. The summed E-state index contributed by atoms with van der Waals surface area (Å²) >= 11 is 9.57. The fourth-order valence-corrected chi connectivity index (χ4v) is 3.67. The van der Waals surface area contributed by atoms with Crippen LogP contribution in [0.2, 0.25) is 5.02 Å². The average Bonchev–Trinajstić information content (AvgIpc) is 2.67. The molecule has 0 atom stereocenters. The summed E-state index contributed by atoms with van der Waals surface area (Å²) in [7, 11) is 0. The first kappa shape index (κ1) is 20.1. The Hall–Kier alpha value is -1.62. The molecule has 0 fully saturated rings. The van der Waals surface area contributed by atoms with Gasteiger partial charge in [0.15, 0.2) is 0 Å². The second-order valence-corrected chi connectivity index (χ2v) is 8.06. The summed E-state index contributed by atoms with van der Waals surface area (Å²) in [6, 6.07) is 16.5. The first-order chi connectivity index (χ1) is 13.2. The van der Waals surface area contributed by atoms with Crippen LogP contribution >= 0.6 is 27.5 Å². The van der Waals surface area contributed by atoms with Gasteiger partial charge in [0.05, 0.1) is 5.52 Å². The number of benzene rings is 2. The van der Waals surface area contributed by atoms with Gasteiger partial charge in [-0.25, -0.2) is 0 Å². The van der Waals surface area contributed by atoms with Gasteiger partial charge in [-0.3, -0.25) is 9.88 Å². The van der Waals surface area contributed by atoms with E-state index < -0.39 is 0 Å². The van der Waals surface area contributed by atoms with Crippen LogP contribution in [0, 0.1) is 0 Å². The second-order valence-electron chi connectivity index (χ2n) is 6.70. The average molecular weight is 447 g/mol. The summed E-state index contributed by atoms with van der Waals surface area (Å²) in [6.07, 6.45) is 4.09. The van der Waals surface area contributed by atoms with Gasteiger partial charge in [0.1, 0.15) is 0 Å². The van der Waals surface area contributed by atoms with Crippen LogP contribution < -0.4 is 5.32 Å². The fraction of sp³-hybridized carbons (Fsp3) is 0.318. The van der Waals surface area contributed by atoms with Crippen LogP contribution in [0.15, 0.2) is 59.2 Å². The highest BCUT2D eigenvalue weighted by atomic mass is 79.9. The third-order valence-corrected chi connectivity index (χ3v) is 5.29. The highest BCUT2D eigenvalue weighted by Crippen LogP contribution is 2.24. The lowest BCUT2D eigenvalue weighted by atomic mass is 10.2. The summed E-state index contributed by atoms with van der Waals surface area (Å²) in [5.41, 5.74) is 3.40. The van der Waals surface area contributed by atoms with Crippen molar-refractivity contribution in [1.29, 1.82) is 0 Å². The second kappa shape index (κ2) is 10.1. The molecule has 2 aromatic carbocycles. The van der Waals surface area contributed by atoms with Crippen LogP contribution in [0.4, 0.5) is 5.69 Å². The molecule has 3 nitrogen and oxygen atoms in total. The Labute approximate surface area is 174 Å². The topological polar surface area (TPSA) is 28.2 Å². The van der Waals surface area contributed by atoms with Gasteiger partial charge in [0, 0.05) is 46.4 Å². The quantitative estimate of drug-likeness (QED) is 0.387. The van der Waals surface area contributed by atoms with E-state index in [0.717, 1.165) is 58.7 Å². The van der Waals surface area contributed by atoms with Crippen LogP contribution in [0.3, 0.4) is 0 Å². The largest absolute Gasteiger partial charge is 0.384 e. The molecule has 0 aliphatic rings. The number of pyridine rings is 1. The fourth-order valence-electron chi connectivity index (χ4n) is 3.24. The summed E-state index contributed by atoms with van der Waals surface area (Å²) in [4.78, 5) is 6.92. The molecule has 1 N–H and O–H groups in total. The van der Waals surface area contributed by atoms with E-state index in [1.165, 1.54) is 12.0 Å². The Kier molecular flexibility index (Phi) is 7.50. The summed E-state index contributed by atoms with van der Waals surface area (Å²) < 4.78 is 1.13. The van der Waals surface area contributed by atoms with E-state index in [2.05, 4.69) is 62.3 Å². The van der Waals surface area contributed by atoms with Crippen molar-refractivity contribution in [3.8, 4) is 0 Å². The summed E-state index contributed by atoms with van der Waals surface area (Å²) in [6.45, 7) is 6.36. The number of nitrogens with zero attached hydrogens (tertiary/aromatic N) is 2. The van der Waals surface area contributed by atoms with E-state index in [-0.39, 0.29) is 0 Å². The molecule has 3 rings (SSSR count). The van der Waals surface area contributed by atoms with Crippen molar-refractivity contribution in [2.45, 2.75) is 26.3 Å². The minimum absolute atomic E-state index is 0.718. The molecule has 0 bridgehead atoms. The maximum atomic E-state index is 6.07. The van der Waals surface area contributed by atoms with E-state index >= 15 is 0 Å². The number of hydrogen-bond acceptors (Lipinski definition) is 3. The first-order valence-corrected chi connectivity index (χ1v) is 10.6. The number of anilines is 1. The zero-order valence-electron chi connectivity index (χ0n) is 15.6. The van der Waals surface area contributed by atoms with Gasteiger partial charge in [-0.05, 0) is 61.3 Å². The lowest BCUT2D eigenvalue weighted by Gasteiger charge is -2.22. The van der Waals surface area contributed by atoms with Gasteiger partial charge in [-0.15, -0.1) is 0 Å². The monoisotopic (exact) mass is 445 g/mol. The van der Waals surface area contributed by atoms with Crippen molar-refractivity contribution in [1.82, 2.24) is 9.88 Å². The first-order valence-electron chi connectivity index (χ1n) is 9.40. The molecular formula is C22H25BrClN3. The lowest BCUT2D eigenvalue weighted by Crippen LogP contribution is -2.26. The van der Waals surface area contributed by atoms with E-state index in [0.29, 0.717) is 0 Å². The van der Waals surface area contributed by atoms with Crippen molar-refractivity contribution in [2.75, 3.05) is 25.0 Å². The van der Waals surface area contributed by atoms with Crippen molar-refractivity contribution >= 4 is 44.1 Å². The number of hydrogen-bond donors (Lipinski definition) is 1. The number of halogens is 2. The minimum Gasteiger partial charge on any atom is -0.384 e. The van der Waals surface area contributed by atoms with Gasteiger partial charge in [0.25, 0.3) is 0 Å². The van der Waals surface area contributed by atoms with E-state index in [4.69, 9.17) is 11.6 Å². The van der Waals surface area contributed by atoms with Crippen molar-refractivity contribution in [3.05, 3.63) is 69.8 Å². The van der Waals surface area contributed by atoms with Gasteiger partial charge in [-0.1, -0.05) is 46.6 Å². The van der Waals surface area contributed by atoms with Gasteiger partial charge in [0.2, 0.25) is 0 Å². The van der Waals surface area contributed by atoms with Crippen molar-refractivity contribution in [3.63, 3.8) is 0 Å². The molecule has 5 heteroatoms. The van der Waals surface area contributed by atoms with Gasteiger partial charge < -0.3 is 5.32 Å². The standard InChI is InChI=1S/C22H25BrClN3/c1-2-13-27(16-17-4-6-18(23)7-5-17)14-3-11-25-21-10-12-26-22-15-19(24)8-9-20(21)22/h4-10,12,15H,2-3,11,13-14,16H2,1H3,(H,25,26). The number of fused-ring (bicyclic) bond motifs is 1. The molecule has 0 saturated heterocycles. The third kappa shape index (κ3) is 5.93. The number of rotatable bonds is 9. The molecular weight excluding hydrogens is 422 g/mol. The summed E-state index contributed by atoms with van der Waals surface area (Å²) in [5, 5.41) is 5.39.